The first-order chi connectivity index (χ1) is 13.9. The predicted molar refractivity (Wildman–Crippen MR) is 106 cm³/mol. The molecule has 3 aromatic rings. The van der Waals surface area contributed by atoms with Crippen LogP contribution in [0.5, 0.6) is 5.88 Å². The molecule has 4 heterocycles. The SMILES string of the molecule is CCn1c(-c2nonc2N)nc2c(C#CC(C)(C)O)nc(OC3CCNC3)cc21. The van der Waals surface area contributed by atoms with Crippen LogP contribution in [-0.4, -0.2) is 54.7 Å². The van der Waals surface area contributed by atoms with Gasteiger partial charge < -0.3 is 25.5 Å². The van der Waals surface area contributed by atoms with E-state index in [0.29, 0.717) is 35.2 Å². The second kappa shape index (κ2) is 7.35. The normalized spacial score (nSPS) is 16.8. The Balaban J connectivity index is 1.90. The third kappa shape index (κ3) is 3.87. The molecular weight excluding hydrogens is 374 g/mol. The number of rotatable bonds is 4. The van der Waals surface area contributed by atoms with E-state index in [-0.39, 0.29) is 11.9 Å². The van der Waals surface area contributed by atoms with Crippen LogP contribution in [0.4, 0.5) is 5.82 Å². The van der Waals surface area contributed by atoms with Crippen LogP contribution in [0.1, 0.15) is 32.9 Å². The van der Waals surface area contributed by atoms with Gasteiger partial charge >= 0.3 is 0 Å². The van der Waals surface area contributed by atoms with E-state index < -0.39 is 5.60 Å². The van der Waals surface area contributed by atoms with Crippen molar-refractivity contribution in [1.82, 2.24) is 30.2 Å². The second-order valence-electron chi connectivity index (χ2n) is 7.40. The highest BCUT2D eigenvalue weighted by atomic mass is 16.6. The summed E-state index contributed by atoms with van der Waals surface area (Å²) in [7, 11) is 0. The summed E-state index contributed by atoms with van der Waals surface area (Å²) < 4.78 is 12.7. The molecule has 0 spiro atoms. The largest absolute Gasteiger partial charge is 0.473 e. The molecule has 0 amide bonds. The van der Waals surface area contributed by atoms with Crippen molar-refractivity contribution < 1.29 is 14.5 Å². The van der Waals surface area contributed by atoms with Crippen molar-refractivity contribution >= 4 is 16.9 Å². The van der Waals surface area contributed by atoms with E-state index in [9.17, 15) is 5.11 Å². The first kappa shape index (κ1) is 19.2. The number of hydrogen-bond donors (Lipinski definition) is 3. The van der Waals surface area contributed by atoms with Crippen LogP contribution in [-0.2, 0) is 6.54 Å². The minimum absolute atomic E-state index is 0.0443. The smallest absolute Gasteiger partial charge is 0.217 e. The number of hydrogen-bond acceptors (Lipinski definition) is 9. The van der Waals surface area contributed by atoms with E-state index in [0.717, 1.165) is 25.0 Å². The van der Waals surface area contributed by atoms with Crippen molar-refractivity contribution in [3.63, 3.8) is 0 Å². The lowest BCUT2D eigenvalue weighted by atomic mass is 10.1. The maximum absolute atomic E-state index is 10.0. The number of nitrogens with one attached hydrogen (secondary N) is 1. The average Bonchev–Trinajstić information content (AvgIpc) is 3.38. The van der Waals surface area contributed by atoms with Crippen LogP contribution >= 0.6 is 0 Å². The van der Waals surface area contributed by atoms with Crippen molar-refractivity contribution in [2.75, 3.05) is 18.8 Å². The van der Waals surface area contributed by atoms with Crippen LogP contribution in [0.3, 0.4) is 0 Å². The highest BCUT2D eigenvalue weighted by Gasteiger charge is 2.23. The van der Waals surface area contributed by atoms with E-state index >= 15 is 0 Å². The molecule has 4 rings (SSSR count). The third-order valence-corrected chi connectivity index (χ3v) is 4.54. The van der Waals surface area contributed by atoms with Crippen LogP contribution in [0, 0.1) is 11.8 Å². The number of aliphatic hydroxyl groups is 1. The molecule has 152 valence electrons. The molecule has 10 heteroatoms. The minimum atomic E-state index is -1.17. The fourth-order valence-corrected chi connectivity index (χ4v) is 3.21. The van der Waals surface area contributed by atoms with Crippen LogP contribution < -0.4 is 15.8 Å². The highest BCUT2D eigenvalue weighted by molar-refractivity contribution is 5.86. The van der Waals surface area contributed by atoms with Crippen molar-refractivity contribution in [3.05, 3.63) is 11.8 Å². The number of imidazole rings is 1. The van der Waals surface area contributed by atoms with Gasteiger partial charge in [-0.25, -0.2) is 14.6 Å². The van der Waals surface area contributed by atoms with Gasteiger partial charge in [0, 0.05) is 19.2 Å². The van der Waals surface area contributed by atoms with E-state index in [4.69, 9.17) is 15.1 Å². The molecule has 1 saturated heterocycles. The van der Waals surface area contributed by atoms with Gasteiger partial charge in [-0.1, -0.05) is 5.92 Å². The Morgan fingerprint density at radius 2 is 2.24 bits per heavy atom. The number of fused-ring (bicyclic) bond motifs is 1. The van der Waals surface area contributed by atoms with Gasteiger partial charge in [-0.2, -0.15) is 0 Å². The van der Waals surface area contributed by atoms with E-state index in [1.165, 1.54) is 0 Å². The summed E-state index contributed by atoms with van der Waals surface area (Å²) in [6, 6.07) is 1.84. The molecular formula is C19H23N7O3. The number of aromatic nitrogens is 5. The Labute approximate surface area is 167 Å². The van der Waals surface area contributed by atoms with Gasteiger partial charge in [0.15, 0.2) is 17.3 Å². The van der Waals surface area contributed by atoms with Gasteiger partial charge in [-0.3, -0.25) is 0 Å². The Kier molecular flexibility index (Phi) is 4.86. The Morgan fingerprint density at radius 3 is 2.86 bits per heavy atom. The van der Waals surface area contributed by atoms with Gasteiger partial charge in [0.25, 0.3) is 0 Å². The predicted octanol–water partition coefficient (Wildman–Crippen LogP) is 0.947. The van der Waals surface area contributed by atoms with Gasteiger partial charge in [0.05, 0.1) is 5.52 Å². The zero-order valence-corrected chi connectivity index (χ0v) is 16.6. The summed E-state index contributed by atoms with van der Waals surface area (Å²) in [5.74, 6) is 6.86. The maximum atomic E-state index is 10.0. The Bertz CT molecular complexity index is 1090. The van der Waals surface area contributed by atoms with Crippen LogP contribution in [0.2, 0.25) is 0 Å². The lowest BCUT2D eigenvalue weighted by Crippen LogP contribution is -2.20. The Morgan fingerprint density at radius 1 is 1.41 bits per heavy atom. The number of nitrogens with zero attached hydrogens (tertiary/aromatic N) is 5. The molecule has 4 N–H and O–H groups in total. The number of nitrogens with two attached hydrogens (primary N) is 1. The monoisotopic (exact) mass is 397 g/mol. The first-order valence-corrected chi connectivity index (χ1v) is 9.48. The summed E-state index contributed by atoms with van der Waals surface area (Å²) in [5, 5.41) is 20.8. The summed E-state index contributed by atoms with van der Waals surface area (Å²) in [6.07, 6.45) is 0.951. The van der Waals surface area contributed by atoms with Crippen molar-refractivity contribution in [2.45, 2.75) is 45.4 Å². The molecule has 0 saturated carbocycles. The molecule has 1 unspecified atom stereocenters. The molecule has 0 bridgehead atoms. The molecule has 1 aliphatic rings. The first-order valence-electron chi connectivity index (χ1n) is 9.48. The number of pyridine rings is 1. The Hall–Kier alpha value is -3.16. The molecule has 0 aromatic carbocycles. The molecule has 1 fully saturated rings. The van der Waals surface area contributed by atoms with E-state index in [1.807, 2.05) is 17.6 Å². The van der Waals surface area contributed by atoms with Gasteiger partial charge in [-0.05, 0) is 50.0 Å². The summed E-state index contributed by atoms with van der Waals surface area (Å²) in [6.45, 7) is 7.49. The van der Waals surface area contributed by atoms with Gasteiger partial charge in [0.1, 0.15) is 22.9 Å². The quantitative estimate of drug-likeness (QED) is 0.549. The lowest BCUT2D eigenvalue weighted by Gasteiger charge is -2.12. The molecule has 1 aliphatic heterocycles. The van der Waals surface area contributed by atoms with Crippen molar-refractivity contribution in [1.29, 1.82) is 0 Å². The minimum Gasteiger partial charge on any atom is -0.473 e. The zero-order valence-electron chi connectivity index (χ0n) is 16.6. The lowest BCUT2D eigenvalue weighted by molar-refractivity contribution is 0.143. The molecule has 3 aromatic heterocycles. The summed E-state index contributed by atoms with van der Waals surface area (Å²) in [5.41, 5.74) is 6.82. The number of anilines is 1. The zero-order chi connectivity index (χ0) is 20.6. The molecule has 0 radical (unpaired) electrons. The fourth-order valence-electron chi connectivity index (χ4n) is 3.21. The number of ether oxygens (including phenoxy) is 1. The third-order valence-electron chi connectivity index (χ3n) is 4.54. The van der Waals surface area contributed by atoms with Crippen LogP contribution in [0.15, 0.2) is 10.7 Å². The standard InChI is InChI=1S/C19H23N7O3/c1-4-26-13-9-14(28-11-6-8-21-10-11)22-12(5-7-19(2,3)27)15(13)23-18(26)16-17(20)25-29-24-16/h9,11,21,27H,4,6,8,10H2,1-3H3,(H2,20,25). The van der Waals surface area contributed by atoms with Gasteiger partial charge in [-0.15, -0.1) is 0 Å². The summed E-state index contributed by atoms with van der Waals surface area (Å²) >= 11 is 0. The second-order valence-corrected chi connectivity index (χ2v) is 7.40. The average molecular weight is 397 g/mol. The molecule has 10 nitrogen and oxygen atoms in total. The van der Waals surface area contributed by atoms with Crippen molar-refractivity contribution in [3.8, 4) is 29.2 Å². The van der Waals surface area contributed by atoms with Gasteiger partial charge in [0.2, 0.25) is 5.88 Å². The fraction of sp³-hybridized carbons (Fsp3) is 0.474. The number of nitrogen functional groups attached to an aromatic ring is 1. The highest BCUT2D eigenvalue weighted by Crippen LogP contribution is 2.30. The van der Waals surface area contributed by atoms with E-state index in [2.05, 4.69) is 37.4 Å². The van der Waals surface area contributed by atoms with E-state index in [1.54, 1.807) is 13.8 Å². The maximum Gasteiger partial charge on any atom is 0.217 e. The topological polar surface area (TPSA) is 137 Å². The summed E-state index contributed by atoms with van der Waals surface area (Å²) in [4.78, 5) is 9.22. The number of aryl methyl sites for hydroxylation is 1. The molecule has 1 atom stereocenters. The van der Waals surface area contributed by atoms with Crippen LogP contribution in [0.25, 0.3) is 22.6 Å². The molecule has 0 aliphatic carbocycles. The van der Waals surface area contributed by atoms with Crippen molar-refractivity contribution in [2.24, 2.45) is 0 Å². The molecule has 29 heavy (non-hydrogen) atoms.